The predicted octanol–water partition coefficient (Wildman–Crippen LogP) is 3.92. The fourth-order valence-corrected chi connectivity index (χ4v) is 3.97. The van der Waals surface area contributed by atoms with Gasteiger partial charge < -0.3 is 0 Å². The average Bonchev–Trinajstić information content (AvgIpc) is 3.10. The zero-order valence-electron chi connectivity index (χ0n) is 13.4. The van der Waals surface area contributed by atoms with E-state index >= 15 is 0 Å². The lowest BCUT2D eigenvalue weighted by molar-refractivity contribution is 0.145. The number of hydrogen-bond acceptors (Lipinski definition) is 5. The first-order valence-corrected chi connectivity index (χ1v) is 9.85. The fraction of sp³-hybridized carbons (Fsp3) is 0.200. The van der Waals surface area contributed by atoms with Crippen molar-refractivity contribution in [3.63, 3.8) is 0 Å². The molecule has 3 aromatic rings. The molecule has 2 aromatic heterocycles. The van der Waals surface area contributed by atoms with Crippen LogP contribution in [0.1, 0.15) is 17.8 Å². The van der Waals surface area contributed by atoms with E-state index in [1.54, 1.807) is 12.3 Å². The standard InChI is InChI=1S/C15H11F4N3O2S2/c1-7-6-25-15(20-7)12-5-11(14(18)19)21-22(12)8-3-9(16)13(10(17)4-8)26(2,23)24/h3-6,14H,1-2H3. The van der Waals surface area contributed by atoms with Crippen molar-refractivity contribution in [1.82, 2.24) is 14.8 Å². The van der Waals surface area contributed by atoms with Crippen LogP contribution in [0.25, 0.3) is 16.4 Å². The topological polar surface area (TPSA) is 64.8 Å². The molecule has 2 heterocycles. The second kappa shape index (κ2) is 6.47. The van der Waals surface area contributed by atoms with Gasteiger partial charge in [0.2, 0.25) is 0 Å². The van der Waals surface area contributed by atoms with Crippen LogP contribution in [0.2, 0.25) is 0 Å². The van der Waals surface area contributed by atoms with Crippen LogP contribution in [-0.4, -0.2) is 29.4 Å². The zero-order valence-corrected chi connectivity index (χ0v) is 15.0. The first kappa shape index (κ1) is 18.5. The van der Waals surface area contributed by atoms with E-state index in [4.69, 9.17) is 0 Å². The third kappa shape index (κ3) is 3.36. The predicted molar refractivity (Wildman–Crippen MR) is 87.4 cm³/mol. The molecule has 138 valence electrons. The number of alkyl halides is 2. The summed E-state index contributed by atoms with van der Waals surface area (Å²) < 4.78 is 78.4. The number of thiazole rings is 1. The fourth-order valence-electron chi connectivity index (χ4n) is 2.35. The third-order valence-electron chi connectivity index (χ3n) is 3.39. The molecule has 11 heteroatoms. The van der Waals surface area contributed by atoms with Crippen molar-refractivity contribution in [2.45, 2.75) is 18.2 Å². The number of sulfone groups is 1. The van der Waals surface area contributed by atoms with Crippen LogP contribution < -0.4 is 0 Å². The first-order chi connectivity index (χ1) is 12.1. The third-order valence-corrected chi connectivity index (χ3v) is 5.50. The van der Waals surface area contributed by atoms with Gasteiger partial charge in [-0.25, -0.2) is 35.6 Å². The molecule has 0 unspecified atom stereocenters. The Hall–Kier alpha value is -2.27. The van der Waals surface area contributed by atoms with Crippen molar-refractivity contribution in [3.05, 3.63) is 46.6 Å². The van der Waals surface area contributed by atoms with Gasteiger partial charge in [-0.1, -0.05) is 0 Å². The number of benzene rings is 1. The maximum atomic E-state index is 14.2. The number of hydrogen-bond donors (Lipinski definition) is 0. The Balaban J connectivity index is 2.24. The van der Waals surface area contributed by atoms with Gasteiger partial charge in [0.05, 0.1) is 5.69 Å². The van der Waals surface area contributed by atoms with Crippen molar-refractivity contribution in [1.29, 1.82) is 0 Å². The molecule has 0 aliphatic carbocycles. The minimum absolute atomic E-state index is 0.115. The molecule has 0 N–H and O–H groups in total. The molecule has 0 bridgehead atoms. The van der Waals surface area contributed by atoms with E-state index in [1.165, 1.54) is 0 Å². The van der Waals surface area contributed by atoms with Crippen LogP contribution in [-0.2, 0) is 9.84 Å². The van der Waals surface area contributed by atoms with E-state index in [2.05, 4.69) is 10.1 Å². The van der Waals surface area contributed by atoms with E-state index in [-0.39, 0.29) is 11.4 Å². The highest BCUT2D eigenvalue weighted by Crippen LogP contribution is 2.31. The Morgan fingerprint density at radius 3 is 2.23 bits per heavy atom. The van der Waals surface area contributed by atoms with Gasteiger partial charge in [-0.15, -0.1) is 11.3 Å². The molecule has 0 amide bonds. The molecule has 0 atom stereocenters. The van der Waals surface area contributed by atoms with Gasteiger partial charge in [0.15, 0.2) is 9.84 Å². The van der Waals surface area contributed by atoms with Crippen molar-refractivity contribution in [2.24, 2.45) is 0 Å². The van der Waals surface area contributed by atoms with Crippen LogP contribution in [0.15, 0.2) is 28.5 Å². The summed E-state index contributed by atoms with van der Waals surface area (Å²) in [6.07, 6.45) is -2.23. The molecule has 0 fully saturated rings. The highest BCUT2D eigenvalue weighted by atomic mass is 32.2. The highest BCUT2D eigenvalue weighted by molar-refractivity contribution is 7.90. The van der Waals surface area contributed by atoms with Crippen LogP contribution in [0.5, 0.6) is 0 Å². The Kier molecular flexibility index (Phi) is 4.61. The molecule has 0 aliphatic heterocycles. The smallest absolute Gasteiger partial charge is 0.240 e. The van der Waals surface area contributed by atoms with E-state index in [9.17, 15) is 26.0 Å². The number of aryl methyl sites for hydroxylation is 1. The van der Waals surface area contributed by atoms with Crippen LogP contribution >= 0.6 is 11.3 Å². The van der Waals surface area contributed by atoms with Crippen LogP contribution in [0.4, 0.5) is 17.6 Å². The lowest BCUT2D eigenvalue weighted by atomic mass is 10.3. The lowest BCUT2D eigenvalue weighted by Gasteiger charge is -2.09. The summed E-state index contributed by atoms with van der Waals surface area (Å²) in [5.41, 5.74) is -0.0755. The highest BCUT2D eigenvalue weighted by Gasteiger charge is 2.24. The van der Waals surface area contributed by atoms with Crippen molar-refractivity contribution < 1.29 is 26.0 Å². The van der Waals surface area contributed by atoms with Crippen molar-refractivity contribution in [2.75, 3.05) is 6.26 Å². The SMILES string of the molecule is Cc1csc(-c2cc(C(F)F)nn2-c2cc(F)c(S(C)(=O)=O)c(F)c2)n1. The Labute approximate surface area is 149 Å². The normalized spacial score (nSPS) is 12.1. The summed E-state index contributed by atoms with van der Waals surface area (Å²) in [6, 6.07) is 2.53. The Morgan fingerprint density at radius 1 is 1.15 bits per heavy atom. The van der Waals surface area contributed by atoms with Gasteiger partial charge in [-0.2, -0.15) is 5.10 Å². The largest absolute Gasteiger partial charge is 0.282 e. The molecule has 0 saturated heterocycles. The summed E-state index contributed by atoms with van der Waals surface area (Å²) in [6.45, 7) is 1.70. The minimum atomic E-state index is -4.14. The molecule has 0 spiro atoms. The molecule has 0 saturated carbocycles. The van der Waals surface area contributed by atoms with Gasteiger partial charge in [0.25, 0.3) is 6.43 Å². The molecule has 0 aliphatic rings. The van der Waals surface area contributed by atoms with E-state index in [1.807, 2.05) is 0 Å². The monoisotopic (exact) mass is 405 g/mol. The average molecular weight is 405 g/mol. The molecular weight excluding hydrogens is 394 g/mol. The number of aromatic nitrogens is 3. The molecular formula is C15H11F4N3O2S2. The van der Waals surface area contributed by atoms with E-state index in [0.717, 1.165) is 34.2 Å². The van der Waals surface area contributed by atoms with Gasteiger partial charge in [-0.05, 0) is 13.0 Å². The van der Waals surface area contributed by atoms with Crippen LogP contribution in [0, 0.1) is 18.6 Å². The number of halogens is 4. The second-order valence-corrected chi connectivity index (χ2v) is 8.28. The van der Waals surface area contributed by atoms with E-state index in [0.29, 0.717) is 17.0 Å². The molecule has 26 heavy (non-hydrogen) atoms. The summed E-state index contributed by atoms with van der Waals surface area (Å²) in [4.78, 5) is 3.08. The van der Waals surface area contributed by atoms with Gasteiger partial charge in [-0.3, -0.25) is 0 Å². The number of rotatable bonds is 4. The molecule has 3 rings (SSSR count). The van der Waals surface area contributed by atoms with Gasteiger partial charge in [0.1, 0.15) is 32.9 Å². The van der Waals surface area contributed by atoms with Gasteiger partial charge >= 0.3 is 0 Å². The molecule has 1 aromatic carbocycles. The lowest BCUT2D eigenvalue weighted by Crippen LogP contribution is -2.08. The summed E-state index contributed by atoms with van der Waals surface area (Å²) >= 11 is 1.15. The Morgan fingerprint density at radius 2 is 1.77 bits per heavy atom. The summed E-state index contributed by atoms with van der Waals surface area (Å²) in [5, 5.41) is 5.70. The maximum Gasteiger partial charge on any atom is 0.282 e. The van der Waals surface area contributed by atoms with Crippen LogP contribution in [0.3, 0.4) is 0 Å². The zero-order chi connectivity index (χ0) is 19.2. The van der Waals surface area contributed by atoms with Crippen molar-refractivity contribution in [3.8, 4) is 16.4 Å². The summed E-state index contributed by atoms with van der Waals surface area (Å²) in [5.74, 6) is -2.67. The summed E-state index contributed by atoms with van der Waals surface area (Å²) in [7, 11) is -4.14. The molecule has 0 radical (unpaired) electrons. The van der Waals surface area contributed by atoms with Crippen molar-refractivity contribution >= 4 is 21.2 Å². The van der Waals surface area contributed by atoms with Gasteiger partial charge in [0, 0.05) is 29.5 Å². The van der Waals surface area contributed by atoms with E-state index < -0.39 is 38.5 Å². The molecule has 5 nitrogen and oxygen atoms in total. The minimum Gasteiger partial charge on any atom is -0.240 e. The maximum absolute atomic E-state index is 14.2. The number of nitrogens with zero attached hydrogens (tertiary/aromatic N) is 3. The first-order valence-electron chi connectivity index (χ1n) is 7.08. The quantitative estimate of drug-likeness (QED) is 0.617. The second-order valence-electron chi connectivity index (χ2n) is 5.47. The Bertz CT molecular complexity index is 1070.